The fourth-order valence-electron chi connectivity index (χ4n) is 1.21. The Hall–Kier alpha value is -1.77. The lowest BCUT2D eigenvalue weighted by atomic mass is 10.3. The molecule has 0 saturated heterocycles. The summed E-state index contributed by atoms with van der Waals surface area (Å²) >= 11 is 0. The van der Waals surface area contributed by atoms with E-state index in [1.165, 1.54) is 0 Å². The maximum absolute atomic E-state index is 11.4. The smallest absolute Gasteiger partial charge is 0.315 e. The number of para-hydroxylation sites is 2. The van der Waals surface area contributed by atoms with Crippen LogP contribution in [0.25, 0.3) is 0 Å². The second kappa shape index (κ2) is 6.67. The molecule has 86 valence electrons. The minimum atomic E-state index is -0.283. The van der Waals surface area contributed by atoms with Crippen molar-refractivity contribution in [1.82, 2.24) is 0 Å². The molecule has 0 aromatic heterocycles. The van der Waals surface area contributed by atoms with Crippen LogP contribution in [0.3, 0.4) is 0 Å². The highest BCUT2D eigenvalue weighted by Crippen LogP contribution is 2.25. The molecule has 0 spiro atoms. The van der Waals surface area contributed by atoms with Crippen molar-refractivity contribution in [2.24, 2.45) is 0 Å². The average molecular weight is 220 g/mol. The Bertz CT molecular complexity index is 369. The molecule has 3 heteroatoms. The third-order valence-electron chi connectivity index (χ3n) is 1.98. The van der Waals surface area contributed by atoms with Crippen LogP contribution in [0.4, 0.5) is 0 Å². The lowest BCUT2D eigenvalue weighted by molar-refractivity contribution is -0.133. The average Bonchev–Trinajstić information content (AvgIpc) is 2.30. The zero-order valence-corrected chi connectivity index (χ0v) is 9.60. The lowest BCUT2D eigenvalue weighted by Gasteiger charge is -2.07. The predicted octanol–water partition coefficient (Wildman–Crippen LogP) is 2.96. The van der Waals surface area contributed by atoms with E-state index >= 15 is 0 Å². The molecule has 0 N–H and O–H groups in total. The van der Waals surface area contributed by atoms with Crippen LogP contribution >= 0.6 is 0 Å². The fourth-order valence-corrected chi connectivity index (χ4v) is 1.21. The number of benzene rings is 1. The first kappa shape index (κ1) is 12.3. The van der Waals surface area contributed by atoms with Crippen LogP contribution in [-0.4, -0.2) is 13.1 Å². The molecular formula is C13H16O3. The summed E-state index contributed by atoms with van der Waals surface area (Å²) in [5, 5.41) is 0. The van der Waals surface area contributed by atoms with E-state index in [1.54, 1.807) is 31.4 Å². The van der Waals surface area contributed by atoms with Crippen LogP contribution in [0.5, 0.6) is 11.5 Å². The molecule has 0 unspecified atom stereocenters. The van der Waals surface area contributed by atoms with Crippen molar-refractivity contribution in [3.05, 3.63) is 36.4 Å². The van der Waals surface area contributed by atoms with Gasteiger partial charge in [0.2, 0.25) is 0 Å². The van der Waals surface area contributed by atoms with Crippen LogP contribution in [-0.2, 0) is 4.79 Å². The number of ether oxygens (including phenoxy) is 2. The van der Waals surface area contributed by atoms with Crippen molar-refractivity contribution in [2.45, 2.75) is 19.8 Å². The molecule has 0 radical (unpaired) electrons. The van der Waals surface area contributed by atoms with E-state index in [0.717, 1.165) is 6.42 Å². The molecule has 16 heavy (non-hydrogen) atoms. The molecule has 0 amide bonds. The van der Waals surface area contributed by atoms with E-state index in [4.69, 9.17) is 9.47 Å². The number of carbonyl (C=O) groups is 1. The molecule has 0 fully saturated rings. The molecule has 0 aliphatic rings. The Balaban J connectivity index is 2.58. The SMILES string of the molecule is CCC=CCC(=O)Oc1ccccc1OC. The lowest BCUT2D eigenvalue weighted by Crippen LogP contribution is -2.07. The summed E-state index contributed by atoms with van der Waals surface area (Å²) in [6.45, 7) is 2.02. The van der Waals surface area contributed by atoms with E-state index < -0.39 is 0 Å². The Morgan fingerprint density at radius 3 is 2.56 bits per heavy atom. The summed E-state index contributed by atoms with van der Waals surface area (Å²) in [7, 11) is 1.55. The third kappa shape index (κ3) is 3.77. The maximum Gasteiger partial charge on any atom is 0.315 e. The Kier molecular flexibility index (Phi) is 5.12. The van der Waals surface area contributed by atoms with Crippen LogP contribution in [0, 0.1) is 0 Å². The van der Waals surface area contributed by atoms with Crippen LogP contribution in [0.15, 0.2) is 36.4 Å². The standard InChI is InChI=1S/C13H16O3/c1-3-4-5-10-13(14)16-12-9-7-6-8-11(12)15-2/h4-9H,3,10H2,1-2H3. The summed E-state index contributed by atoms with van der Waals surface area (Å²) in [6, 6.07) is 7.09. The van der Waals surface area contributed by atoms with E-state index in [9.17, 15) is 4.79 Å². The quantitative estimate of drug-likeness (QED) is 0.435. The van der Waals surface area contributed by atoms with E-state index in [0.29, 0.717) is 11.5 Å². The zero-order chi connectivity index (χ0) is 11.8. The van der Waals surface area contributed by atoms with Crippen molar-refractivity contribution >= 4 is 5.97 Å². The van der Waals surface area contributed by atoms with Gasteiger partial charge < -0.3 is 9.47 Å². The van der Waals surface area contributed by atoms with Crippen molar-refractivity contribution < 1.29 is 14.3 Å². The number of methoxy groups -OCH3 is 1. The van der Waals surface area contributed by atoms with Crippen molar-refractivity contribution in [3.63, 3.8) is 0 Å². The summed E-state index contributed by atoms with van der Waals surface area (Å²) < 4.78 is 10.2. The van der Waals surface area contributed by atoms with Gasteiger partial charge in [0, 0.05) is 0 Å². The molecule has 3 nitrogen and oxygen atoms in total. The highest BCUT2D eigenvalue weighted by molar-refractivity contribution is 5.74. The van der Waals surface area contributed by atoms with E-state index in [-0.39, 0.29) is 12.4 Å². The molecule has 0 heterocycles. The summed E-state index contributed by atoms with van der Waals surface area (Å²) in [5.41, 5.74) is 0. The highest BCUT2D eigenvalue weighted by atomic mass is 16.6. The molecule has 0 saturated carbocycles. The van der Waals surface area contributed by atoms with Gasteiger partial charge in [-0.15, -0.1) is 0 Å². The maximum atomic E-state index is 11.4. The van der Waals surface area contributed by atoms with Crippen LogP contribution in [0.2, 0.25) is 0 Å². The Labute approximate surface area is 95.7 Å². The summed E-state index contributed by atoms with van der Waals surface area (Å²) in [5.74, 6) is 0.740. The molecule has 0 aliphatic heterocycles. The Morgan fingerprint density at radius 1 is 1.25 bits per heavy atom. The largest absolute Gasteiger partial charge is 0.493 e. The highest BCUT2D eigenvalue weighted by Gasteiger charge is 2.07. The number of carbonyl (C=O) groups excluding carboxylic acids is 1. The third-order valence-corrected chi connectivity index (χ3v) is 1.98. The van der Waals surface area contributed by atoms with Gasteiger partial charge in [0.05, 0.1) is 13.5 Å². The molecular weight excluding hydrogens is 204 g/mol. The van der Waals surface area contributed by atoms with Crippen molar-refractivity contribution in [3.8, 4) is 11.5 Å². The monoisotopic (exact) mass is 220 g/mol. The molecule has 0 bridgehead atoms. The minimum absolute atomic E-state index is 0.283. The van der Waals surface area contributed by atoms with Crippen molar-refractivity contribution in [2.75, 3.05) is 7.11 Å². The first-order chi connectivity index (χ1) is 7.77. The number of hydrogen-bond acceptors (Lipinski definition) is 3. The van der Waals surface area contributed by atoms with Gasteiger partial charge in [0.25, 0.3) is 0 Å². The zero-order valence-electron chi connectivity index (χ0n) is 9.60. The van der Waals surface area contributed by atoms with Gasteiger partial charge in [0.1, 0.15) is 0 Å². The molecule has 1 rings (SSSR count). The second-order valence-corrected chi connectivity index (χ2v) is 3.21. The summed E-state index contributed by atoms with van der Waals surface area (Å²) in [4.78, 5) is 11.4. The number of esters is 1. The normalized spacial score (nSPS) is 10.4. The Morgan fingerprint density at radius 2 is 1.94 bits per heavy atom. The predicted molar refractivity (Wildman–Crippen MR) is 62.7 cm³/mol. The molecule has 0 aliphatic carbocycles. The van der Waals surface area contributed by atoms with Crippen LogP contribution in [0.1, 0.15) is 19.8 Å². The fraction of sp³-hybridized carbons (Fsp3) is 0.308. The molecule has 1 aromatic carbocycles. The molecule has 1 aromatic rings. The van der Waals surface area contributed by atoms with Gasteiger partial charge >= 0.3 is 5.97 Å². The van der Waals surface area contributed by atoms with E-state index in [1.807, 2.05) is 19.1 Å². The molecule has 0 atom stereocenters. The van der Waals surface area contributed by atoms with Gasteiger partial charge in [-0.25, -0.2) is 0 Å². The number of allylic oxidation sites excluding steroid dienone is 1. The van der Waals surface area contributed by atoms with Gasteiger partial charge in [-0.3, -0.25) is 4.79 Å². The first-order valence-corrected chi connectivity index (χ1v) is 5.26. The van der Waals surface area contributed by atoms with Gasteiger partial charge in [-0.1, -0.05) is 31.2 Å². The number of hydrogen-bond donors (Lipinski definition) is 0. The van der Waals surface area contributed by atoms with E-state index in [2.05, 4.69) is 0 Å². The topological polar surface area (TPSA) is 35.5 Å². The van der Waals surface area contributed by atoms with Gasteiger partial charge in [0.15, 0.2) is 11.5 Å². The van der Waals surface area contributed by atoms with Crippen molar-refractivity contribution in [1.29, 1.82) is 0 Å². The second-order valence-electron chi connectivity index (χ2n) is 3.21. The summed E-state index contributed by atoms with van der Waals surface area (Å²) in [6.07, 6.45) is 4.94. The van der Waals surface area contributed by atoms with Gasteiger partial charge in [-0.2, -0.15) is 0 Å². The first-order valence-electron chi connectivity index (χ1n) is 5.26. The number of rotatable bonds is 5. The van der Waals surface area contributed by atoms with Gasteiger partial charge in [-0.05, 0) is 18.6 Å². The minimum Gasteiger partial charge on any atom is -0.493 e. The van der Waals surface area contributed by atoms with Crippen LogP contribution < -0.4 is 9.47 Å².